The van der Waals surface area contributed by atoms with Crippen molar-refractivity contribution in [3.8, 4) is 0 Å². The number of hydrogen-bond acceptors (Lipinski definition) is 6. The Hall–Kier alpha value is -3.15. The first-order valence-electron chi connectivity index (χ1n) is 25.4. The highest BCUT2D eigenvalue weighted by atomic mass is 16.6. The van der Waals surface area contributed by atoms with Gasteiger partial charge in [-0.2, -0.15) is 0 Å². The van der Waals surface area contributed by atoms with E-state index >= 15 is 0 Å². The fourth-order valence-electron chi connectivity index (χ4n) is 6.86. The number of unbranched alkanes of at least 4 members (excludes halogenated alkanes) is 22. The van der Waals surface area contributed by atoms with Crippen molar-refractivity contribution < 1.29 is 28.6 Å². The summed E-state index contributed by atoms with van der Waals surface area (Å²) in [7, 11) is 0. The minimum Gasteiger partial charge on any atom is -0.462 e. The molecule has 0 heterocycles. The molecule has 6 heteroatoms. The second-order valence-corrected chi connectivity index (χ2v) is 16.7. The molecule has 0 saturated carbocycles. The summed E-state index contributed by atoms with van der Waals surface area (Å²) in [5, 5.41) is 0. The first-order chi connectivity index (χ1) is 30.0. The smallest absolute Gasteiger partial charge is 0.306 e. The van der Waals surface area contributed by atoms with Gasteiger partial charge in [0.05, 0.1) is 0 Å². The van der Waals surface area contributed by atoms with E-state index in [0.29, 0.717) is 19.3 Å². The molecule has 61 heavy (non-hydrogen) atoms. The van der Waals surface area contributed by atoms with E-state index in [-0.39, 0.29) is 31.1 Å². The standard InChI is InChI=1S/C55H94O6/c1-4-7-10-13-16-19-22-24-25-26-27-28-29-31-33-36-39-42-45-48-54(57)60-51-52(50-59-53(56)47-44-41-38-35-32-21-18-15-12-9-6-3)61-55(58)49-46-43-40-37-34-30-23-20-17-14-11-8-5-2/h7,10,15-16,18-19,24-25,27-28,31,33,52H,4-6,8-9,11-14,17,20-23,26,29-30,32,34-51H2,1-3H3/b10-7-,18-15-,19-16-,25-24-,28-27-,33-31-/t52-/m1/s1. The highest BCUT2D eigenvalue weighted by molar-refractivity contribution is 5.71. The van der Waals surface area contributed by atoms with Gasteiger partial charge in [0.15, 0.2) is 6.10 Å². The lowest BCUT2D eigenvalue weighted by Crippen LogP contribution is -2.30. The molecule has 0 aliphatic heterocycles. The minimum atomic E-state index is -0.789. The van der Waals surface area contributed by atoms with Gasteiger partial charge in [0.1, 0.15) is 13.2 Å². The van der Waals surface area contributed by atoms with Crippen molar-refractivity contribution in [1.29, 1.82) is 0 Å². The Balaban J connectivity index is 4.42. The maximum absolute atomic E-state index is 12.8. The number of rotatable bonds is 45. The first-order valence-corrected chi connectivity index (χ1v) is 25.4. The van der Waals surface area contributed by atoms with Crippen LogP contribution in [0, 0.1) is 0 Å². The molecular weight excluding hydrogens is 757 g/mol. The number of hydrogen-bond donors (Lipinski definition) is 0. The Kier molecular flexibility index (Phi) is 46.9. The number of allylic oxidation sites excluding steroid dienone is 12. The molecule has 0 amide bonds. The predicted octanol–water partition coefficient (Wildman–Crippen LogP) is 16.6. The van der Waals surface area contributed by atoms with Crippen molar-refractivity contribution in [2.45, 2.75) is 245 Å². The molecule has 0 unspecified atom stereocenters. The SMILES string of the molecule is CC/C=C\C/C=C\C/C=C\C/C=C\C/C=C\CCCCCC(=O)OC[C@@H](COC(=O)CCCCCCC/C=C\CCCC)OC(=O)CCCCCCCCCCCCCCC. The third kappa shape index (κ3) is 47.7. The van der Waals surface area contributed by atoms with E-state index in [9.17, 15) is 14.4 Å². The van der Waals surface area contributed by atoms with Gasteiger partial charge in [-0.1, -0.05) is 209 Å². The van der Waals surface area contributed by atoms with Crippen molar-refractivity contribution in [2.75, 3.05) is 13.2 Å². The highest BCUT2D eigenvalue weighted by Gasteiger charge is 2.19. The van der Waals surface area contributed by atoms with Crippen LogP contribution in [-0.2, 0) is 28.6 Å². The molecule has 0 N–H and O–H groups in total. The van der Waals surface area contributed by atoms with Crippen molar-refractivity contribution in [3.63, 3.8) is 0 Å². The topological polar surface area (TPSA) is 78.9 Å². The first kappa shape index (κ1) is 57.9. The highest BCUT2D eigenvalue weighted by Crippen LogP contribution is 2.15. The van der Waals surface area contributed by atoms with Crippen LogP contribution in [0.1, 0.15) is 239 Å². The fourth-order valence-corrected chi connectivity index (χ4v) is 6.86. The molecule has 0 aromatic carbocycles. The summed E-state index contributed by atoms with van der Waals surface area (Å²) in [6.45, 7) is 6.45. The Morgan fingerprint density at radius 3 is 1.08 bits per heavy atom. The van der Waals surface area contributed by atoms with Gasteiger partial charge in [-0.15, -0.1) is 0 Å². The summed E-state index contributed by atoms with van der Waals surface area (Å²) < 4.78 is 16.7. The summed E-state index contributed by atoms with van der Waals surface area (Å²) in [6, 6.07) is 0. The zero-order valence-corrected chi connectivity index (χ0v) is 39.9. The minimum absolute atomic E-state index is 0.0892. The molecule has 0 radical (unpaired) electrons. The average molecular weight is 851 g/mol. The van der Waals surface area contributed by atoms with Crippen molar-refractivity contribution in [2.24, 2.45) is 0 Å². The van der Waals surface area contributed by atoms with Gasteiger partial charge >= 0.3 is 17.9 Å². The third-order valence-electron chi connectivity index (χ3n) is 10.7. The van der Waals surface area contributed by atoms with Crippen molar-refractivity contribution >= 4 is 17.9 Å². The molecular formula is C55H94O6. The normalized spacial score (nSPS) is 12.6. The van der Waals surface area contributed by atoms with Crippen LogP contribution in [0.5, 0.6) is 0 Å². The maximum Gasteiger partial charge on any atom is 0.306 e. The predicted molar refractivity (Wildman–Crippen MR) is 261 cm³/mol. The third-order valence-corrected chi connectivity index (χ3v) is 10.7. The van der Waals surface area contributed by atoms with Crippen LogP contribution in [0.15, 0.2) is 72.9 Å². The second-order valence-electron chi connectivity index (χ2n) is 16.7. The Labute approximate surface area is 376 Å². The molecule has 0 aromatic heterocycles. The average Bonchev–Trinajstić information content (AvgIpc) is 3.26. The number of esters is 3. The van der Waals surface area contributed by atoms with E-state index in [1.54, 1.807) is 0 Å². The van der Waals surface area contributed by atoms with E-state index in [2.05, 4.69) is 93.7 Å². The van der Waals surface area contributed by atoms with Crippen LogP contribution in [-0.4, -0.2) is 37.2 Å². The van der Waals surface area contributed by atoms with Gasteiger partial charge in [0.25, 0.3) is 0 Å². The monoisotopic (exact) mass is 851 g/mol. The summed E-state index contributed by atoms with van der Waals surface area (Å²) in [6.07, 6.45) is 61.7. The van der Waals surface area contributed by atoms with Crippen LogP contribution in [0.2, 0.25) is 0 Å². The van der Waals surface area contributed by atoms with E-state index in [1.807, 2.05) is 0 Å². The lowest BCUT2D eigenvalue weighted by molar-refractivity contribution is -0.167. The molecule has 0 aromatic rings. The van der Waals surface area contributed by atoms with Crippen LogP contribution in [0.25, 0.3) is 0 Å². The van der Waals surface area contributed by atoms with Gasteiger partial charge in [-0.25, -0.2) is 0 Å². The van der Waals surface area contributed by atoms with E-state index < -0.39 is 6.10 Å². The molecule has 0 spiro atoms. The maximum atomic E-state index is 12.8. The number of carbonyl (C=O) groups excluding carboxylic acids is 3. The summed E-state index contributed by atoms with van der Waals surface area (Å²) in [4.78, 5) is 37.9. The molecule has 0 aliphatic rings. The number of carbonyl (C=O) groups is 3. The molecule has 6 nitrogen and oxygen atoms in total. The van der Waals surface area contributed by atoms with Crippen LogP contribution in [0.4, 0.5) is 0 Å². The molecule has 0 rings (SSSR count). The van der Waals surface area contributed by atoms with E-state index in [0.717, 1.165) is 103 Å². The van der Waals surface area contributed by atoms with Crippen LogP contribution >= 0.6 is 0 Å². The Morgan fingerprint density at radius 1 is 0.344 bits per heavy atom. The summed E-state index contributed by atoms with van der Waals surface area (Å²) in [5.41, 5.74) is 0. The number of ether oxygens (including phenoxy) is 3. The molecule has 0 saturated heterocycles. The van der Waals surface area contributed by atoms with Gasteiger partial charge in [0.2, 0.25) is 0 Å². The molecule has 0 bridgehead atoms. The van der Waals surface area contributed by atoms with Gasteiger partial charge in [-0.3, -0.25) is 14.4 Å². The van der Waals surface area contributed by atoms with E-state index in [4.69, 9.17) is 14.2 Å². The summed E-state index contributed by atoms with van der Waals surface area (Å²) >= 11 is 0. The van der Waals surface area contributed by atoms with Gasteiger partial charge in [0, 0.05) is 19.3 Å². The molecule has 350 valence electrons. The quantitative estimate of drug-likeness (QED) is 0.0263. The largest absolute Gasteiger partial charge is 0.462 e. The van der Waals surface area contributed by atoms with Gasteiger partial charge in [-0.05, 0) is 83.5 Å². The Bertz CT molecular complexity index is 1160. The van der Waals surface area contributed by atoms with Crippen molar-refractivity contribution in [1.82, 2.24) is 0 Å². The van der Waals surface area contributed by atoms with Gasteiger partial charge < -0.3 is 14.2 Å². The summed E-state index contributed by atoms with van der Waals surface area (Å²) in [5.74, 6) is -0.930. The molecule has 0 fully saturated rings. The molecule has 1 atom stereocenters. The van der Waals surface area contributed by atoms with Crippen LogP contribution < -0.4 is 0 Å². The van der Waals surface area contributed by atoms with Crippen LogP contribution in [0.3, 0.4) is 0 Å². The Morgan fingerprint density at radius 2 is 0.656 bits per heavy atom. The van der Waals surface area contributed by atoms with Crippen molar-refractivity contribution in [3.05, 3.63) is 72.9 Å². The fraction of sp³-hybridized carbons (Fsp3) is 0.727. The zero-order chi connectivity index (χ0) is 44.4. The lowest BCUT2D eigenvalue weighted by atomic mass is 10.0. The molecule has 0 aliphatic carbocycles. The van der Waals surface area contributed by atoms with E-state index in [1.165, 1.54) is 96.3 Å². The zero-order valence-electron chi connectivity index (χ0n) is 39.9. The lowest BCUT2D eigenvalue weighted by Gasteiger charge is -2.18. The second kappa shape index (κ2) is 49.5.